The minimum atomic E-state index is -2.75. The van der Waals surface area contributed by atoms with E-state index in [4.69, 9.17) is 11.6 Å². The van der Waals surface area contributed by atoms with Gasteiger partial charge in [0.15, 0.2) is 0 Å². The third-order valence-electron chi connectivity index (χ3n) is 3.17. The van der Waals surface area contributed by atoms with Crippen molar-refractivity contribution >= 4 is 17.5 Å². The molecule has 0 aliphatic carbocycles. The molecule has 0 bridgehead atoms. The summed E-state index contributed by atoms with van der Waals surface area (Å²) in [4.78, 5) is 11.7. The van der Waals surface area contributed by atoms with E-state index in [2.05, 4.69) is 15.5 Å². The summed E-state index contributed by atoms with van der Waals surface area (Å²) in [5.74, 6) is -0.481. The van der Waals surface area contributed by atoms with Gasteiger partial charge in [-0.2, -0.15) is 19.0 Å². The molecule has 120 valence electrons. The summed E-state index contributed by atoms with van der Waals surface area (Å²) in [5, 5.41) is 11.0. The second kappa shape index (κ2) is 6.87. The second-order valence-corrected chi connectivity index (χ2v) is 5.15. The summed E-state index contributed by atoms with van der Waals surface area (Å²) in [7, 11) is 0. The van der Waals surface area contributed by atoms with Crippen LogP contribution in [0.5, 0.6) is 0 Å². The molecule has 0 saturated carbocycles. The first-order valence-electron chi connectivity index (χ1n) is 6.71. The Kier molecular flexibility index (Phi) is 5.12. The molecule has 2 aromatic heterocycles. The molecule has 0 spiro atoms. The summed E-state index contributed by atoms with van der Waals surface area (Å²) >= 11 is 6.04. The smallest absolute Gasteiger partial charge is 0.333 e. The third-order valence-corrected chi connectivity index (χ3v) is 3.71. The van der Waals surface area contributed by atoms with Gasteiger partial charge in [-0.3, -0.25) is 9.48 Å². The Bertz CT molecular complexity index is 667. The maximum absolute atomic E-state index is 12.4. The van der Waals surface area contributed by atoms with E-state index in [1.165, 1.54) is 6.07 Å². The van der Waals surface area contributed by atoms with Gasteiger partial charge in [0.25, 0.3) is 5.91 Å². The summed E-state index contributed by atoms with van der Waals surface area (Å²) in [6.45, 7) is 1.93. The summed E-state index contributed by atoms with van der Waals surface area (Å²) in [6.07, 6.45) is 1.71. The van der Waals surface area contributed by atoms with E-state index >= 15 is 0 Å². The van der Waals surface area contributed by atoms with Gasteiger partial charge in [-0.1, -0.05) is 11.6 Å². The highest BCUT2D eigenvalue weighted by Gasteiger charge is 2.13. The highest BCUT2D eigenvalue weighted by molar-refractivity contribution is 6.31. The fourth-order valence-electron chi connectivity index (χ4n) is 1.98. The van der Waals surface area contributed by atoms with Crippen LogP contribution in [0, 0.1) is 13.8 Å². The highest BCUT2D eigenvalue weighted by Crippen LogP contribution is 2.18. The quantitative estimate of drug-likeness (QED) is 0.827. The molecule has 0 aliphatic rings. The van der Waals surface area contributed by atoms with E-state index in [-0.39, 0.29) is 5.69 Å². The normalized spacial score (nSPS) is 11.2. The Morgan fingerprint density at radius 1 is 1.41 bits per heavy atom. The molecule has 2 heterocycles. The van der Waals surface area contributed by atoms with E-state index in [1.807, 2.05) is 13.8 Å². The molecule has 1 N–H and O–H groups in total. The average molecular weight is 332 g/mol. The van der Waals surface area contributed by atoms with E-state index in [0.29, 0.717) is 29.2 Å². The van der Waals surface area contributed by atoms with Gasteiger partial charge < -0.3 is 5.32 Å². The summed E-state index contributed by atoms with van der Waals surface area (Å²) in [5.41, 5.74) is 1.61. The van der Waals surface area contributed by atoms with E-state index in [1.54, 1.807) is 4.68 Å². The SMILES string of the molecule is Cc1nn(CCCNC(=O)c2ccn(C(F)F)n2)c(C)c1Cl. The lowest BCUT2D eigenvalue weighted by Gasteiger charge is -2.05. The first-order chi connectivity index (χ1) is 10.4. The number of hydrogen-bond acceptors (Lipinski definition) is 3. The van der Waals surface area contributed by atoms with Crippen molar-refractivity contribution in [3.8, 4) is 0 Å². The molecule has 9 heteroatoms. The van der Waals surface area contributed by atoms with Crippen molar-refractivity contribution in [3.05, 3.63) is 34.4 Å². The number of carbonyl (C=O) groups excluding carboxylic acids is 1. The van der Waals surface area contributed by atoms with Crippen molar-refractivity contribution in [2.75, 3.05) is 6.54 Å². The number of nitrogens with one attached hydrogen (secondary N) is 1. The zero-order chi connectivity index (χ0) is 16.3. The predicted molar refractivity (Wildman–Crippen MR) is 77.1 cm³/mol. The van der Waals surface area contributed by atoms with Crippen LogP contribution in [0.3, 0.4) is 0 Å². The minimum absolute atomic E-state index is 0.0329. The summed E-state index contributed by atoms with van der Waals surface area (Å²) < 4.78 is 26.9. The number of carbonyl (C=O) groups is 1. The first kappa shape index (κ1) is 16.4. The maximum atomic E-state index is 12.4. The number of aromatic nitrogens is 4. The van der Waals surface area contributed by atoms with Crippen LogP contribution in [0.15, 0.2) is 12.3 Å². The molecule has 0 saturated heterocycles. The first-order valence-corrected chi connectivity index (χ1v) is 7.09. The van der Waals surface area contributed by atoms with Gasteiger partial charge in [-0.15, -0.1) is 0 Å². The molecular formula is C13H16ClF2N5O. The van der Waals surface area contributed by atoms with Crippen molar-refractivity contribution in [1.29, 1.82) is 0 Å². The van der Waals surface area contributed by atoms with Gasteiger partial charge in [0.1, 0.15) is 5.69 Å². The standard InChI is InChI=1S/C13H16ClF2N5O/c1-8-11(14)9(2)20(18-8)6-3-5-17-12(22)10-4-7-21(19-10)13(15)16/h4,7,13H,3,5-6H2,1-2H3,(H,17,22). The zero-order valence-electron chi connectivity index (χ0n) is 12.2. The molecule has 2 rings (SSSR count). The number of hydrogen-bond donors (Lipinski definition) is 1. The van der Waals surface area contributed by atoms with Crippen molar-refractivity contribution < 1.29 is 13.6 Å². The number of nitrogens with zero attached hydrogens (tertiary/aromatic N) is 4. The van der Waals surface area contributed by atoms with Crippen LogP contribution in [0.2, 0.25) is 5.02 Å². The lowest BCUT2D eigenvalue weighted by atomic mass is 10.3. The maximum Gasteiger partial charge on any atom is 0.333 e. The van der Waals surface area contributed by atoms with Gasteiger partial charge in [-0.05, 0) is 26.3 Å². The monoisotopic (exact) mass is 331 g/mol. The molecule has 0 atom stereocenters. The Hall–Kier alpha value is -1.96. The molecule has 2 aromatic rings. The van der Waals surface area contributed by atoms with Gasteiger partial charge >= 0.3 is 6.55 Å². The third kappa shape index (κ3) is 3.62. The van der Waals surface area contributed by atoms with Gasteiger partial charge in [0.05, 0.1) is 16.4 Å². The molecule has 0 unspecified atom stereocenters. The molecule has 0 fully saturated rings. The molecule has 22 heavy (non-hydrogen) atoms. The largest absolute Gasteiger partial charge is 0.351 e. The van der Waals surface area contributed by atoms with Gasteiger partial charge in [0, 0.05) is 19.3 Å². The highest BCUT2D eigenvalue weighted by atomic mass is 35.5. The lowest BCUT2D eigenvalue weighted by molar-refractivity contribution is 0.0560. The Balaban J connectivity index is 1.80. The summed E-state index contributed by atoms with van der Waals surface area (Å²) in [6, 6.07) is 1.25. The second-order valence-electron chi connectivity index (χ2n) is 4.78. The number of alkyl halides is 2. The number of rotatable bonds is 6. The number of amides is 1. The van der Waals surface area contributed by atoms with Crippen LogP contribution in [0.4, 0.5) is 8.78 Å². The molecule has 6 nitrogen and oxygen atoms in total. The van der Waals surface area contributed by atoms with Crippen LogP contribution in [-0.2, 0) is 6.54 Å². The van der Waals surface area contributed by atoms with Crippen molar-refractivity contribution in [2.45, 2.75) is 33.4 Å². The van der Waals surface area contributed by atoms with E-state index < -0.39 is 12.5 Å². The van der Waals surface area contributed by atoms with Crippen molar-refractivity contribution in [2.24, 2.45) is 0 Å². The Morgan fingerprint density at radius 2 is 2.14 bits per heavy atom. The van der Waals surface area contributed by atoms with Crippen LogP contribution in [-0.4, -0.2) is 32.0 Å². The van der Waals surface area contributed by atoms with Crippen LogP contribution in [0.25, 0.3) is 0 Å². The topological polar surface area (TPSA) is 64.7 Å². The van der Waals surface area contributed by atoms with Crippen molar-refractivity contribution in [3.63, 3.8) is 0 Å². The molecule has 1 amide bonds. The predicted octanol–water partition coefficient (Wildman–Crippen LogP) is 2.57. The van der Waals surface area contributed by atoms with E-state index in [0.717, 1.165) is 17.6 Å². The Labute approximate surface area is 131 Å². The van der Waals surface area contributed by atoms with Gasteiger partial charge in [0.2, 0.25) is 0 Å². The fraction of sp³-hybridized carbons (Fsp3) is 0.462. The zero-order valence-corrected chi connectivity index (χ0v) is 12.9. The Morgan fingerprint density at radius 3 is 2.68 bits per heavy atom. The molecule has 0 radical (unpaired) electrons. The molecular weight excluding hydrogens is 316 g/mol. The minimum Gasteiger partial charge on any atom is -0.351 e. The van der Waals surface area contributed by atoms with Crippen LogP contribution < -0.4 is 5.32 Å². The van der Waals surface area contributed by atoms with Crippen LogP contribution in [0.1, 0.15) is 34.8 Å². The van der Waals surface area contributed by atoms with E-state index in [9.17, 15) is 13.6 Å². The van der Waals surface area contributed by atoms with Gasteiger partial charge in [-0.25, -0.2) is 4.68 Å². The van der Waals surface area contributed by atoms with Crippen LogP contribution >= 0.6 is 11.6 Å². The number of halogens is 3. The number of aryl methyl sites for hydroxylation is 2. The lowest BCUT2D eigenvalue weighted by Crippen LogP contribution is -2.26. The van der Waals surface area contributed by atoms with Crippen molar-refractivity contribution in [1.82, 2.24) is 24.9 Å². The average Bonchev–Trinajstić information content (AvgIpc) is 3.06. The molecule has 0 aromatic carbocycles. The molecule has 0 aliphatic heterocycles. The fourth-order valence-corrected chi connectivity index (χ4v) is 2.12.